The first-order valence-electron chi connectivity index (χ1n) is 29.8. The molecule has 0 aliphatic heterocycles. The van der Waals surface area contributed by atoms with Gasteiger partial charge < -0.3 is 30.7 Å². The molecule has 22 heteroatoms. The van der Waals surface area contributed by atoms with Gasteiger partial charge in [0.25, 0.3) is 34.7 Å². The molecule has 0 fully saturated rings. The molecule has 0 bridgehead atoms. The van der Waals surface area contributed by atoms with E-state index in [4.69, 9.17) is 79.1 Å². The molecule has 2 aromatic heterocycles. The molecule has 8 aromatic rings. The Morgan fingerprint density at radius 1 is 0.451 bits per heavy atom. The van der Waals surface area contributed by atoms with Crippen LogP contribution in [0.5, 0.6) is 11.5 Å². The number of halogens is 6. The van der Waals surface area contributed by atoms with E-state index < -0.39 is 41.2 Å². The Morgan fingerprint density at radius 2 is 0.791 bits per heavy atom. The summed E-state index contributed by atoms with van der Waals surface area (Å²) < 4.78 is 14.3. The van der Waals surface area contributed by atoms with E-state index in [9.17, 15) is 28.8 Å². The summed E-state index contributed by atoms with van der Waals surface area (Å²) in [6.45, 7) is 25.1. The maximum atomic E-state index is 14.9. The van der Waals surface area contributed by atoms with Crippen LogP contribution >= 0.6 is 69.6 Å². The second kappa shape index (κ2) is 28.2. The first-order valence-corrected chi connectivity index (χ1v) is 32.0. The largest absolute Gasteiger partial charge is 0.483 e. The van der Waals surface area contributed by atoms with Gasteiger partial charge in [0.05, 0.1) is 31.2 Å². The van der Waals surface area contributed by atoms with E-state index in [1.54, 1.807) is 24.3 Å². The maximum absolute atomic E-state index is 14.9. The van der Waals surface area contributed by atoms with Crippen LogP contribution in [0.2, 0.25) is 30.1 Å². The lowest BCUT2D eigenvalue weighted by molar-refractivity contribution is -0.118. The van der Waals surface area contributed by atoms with Crippen LogP contribution in [-0.2, 0) is 37.7 Å². The molecule has 0 radical (unpaired) electrons. The number of carbonyl (C=O) groups is 4. The third-order valence-electron chi connectivity index (χ3n) is 17.3. The lowest BCUT2D eigenvalue weighted by Gasteiger charge is -2.30. The van der Waals surface area contributed by atoms with Crippen molar-refractivity contribution in [2.24, 2.45) is 0 Å². The average molecular weight is 1360 g/mol. The molecule has 0 aliphatic carbocycles. The van der Waals surface area contributed by atoms with Crippen molar-refractivity contribution in [3.63, 3.8) is 0 Å². The number of H-pyrrole nitrogens is 2. The Bertz CT molecular complexity index is 3920. The zero-order chi connectivity index (χ0) is 66.7. The molecular weight excluding hydrogens is 1280 g/mol. The molecule has 4 amide bonds. The minimum absolute atomic E-state index is 0.0447. The van der Waals surface area contributed by atoms with Crippen LogP contribution in [0.3, 0.4) is 0 Å². The normalized spacial score (nSPS) is 12.0. The maximum Gasteiger partial charge on any atom is 0.277 e. The minimum Gasteiger partial charge on any atom is -0.483 e. The Kier molecular flexibility index (Phi) is 21.5. The number of ether oxygens (including phenoxy) is 2. The summed E-state index contributed by atoms with van der Waals surface area (Å²) in [5.74, 6) is -1.77. The fourth-order valence-corrected chi connectivity index (χ4v) is 12.0. The van der Waals surface area contributed by atoms with Crippen molar-refractivity contribution in [2.75, 3.05) is 34.5 Å². The molecule has 0 spiro atoms. The zero-order valence-corrected chi connectivity index (χ0v) is 57.3. The molecule has 0 saturated carbocycles. The summed E-state index contributed by atoms with van der Waals surface area (Å²) in [6, 6.07) is 29.8. The number of aromatic nitrogens is 4. The average Bonchev–Trinajstić information content (AvgIpc) is 1.83. The van der Waals surface area contributed by atoms with Gasteiger partial charge in [-0.3, -0.25) is 39.0 Å². The van der Waals surface area contributed by atoms with Crippen LogP contribution in [0.25, 0.3) is 11.4 Å². The van der Waals surface area contributed by atoms with Crippen molar-refractivity contribution in [2.45, 2.75) is 137 Å². The van der Waals surface area contributed by atoms with Gasteiger partial charge in [-0.1, -0.05) is 189 Å². The molecule has 0 aliphatic rings. The molecule has 0 unspecified atom stereocenters. The van der Waals surface area contributed by atoms with Crippen LogP contribution in [0.15, 0.2) is 119 Å². The Balaban J connectivity index is 1.09. The van der Waals surface area contributed by atoms with Crippen molar-refractivity contribution in [3.05, 3.63) is 205 Å². The van der Waals surface area contributed by atoms with Crippen molar-refractivity contribution >= 4 is 116 Å². The van der Waals surface area contributed by atoms with E-state index in [2.05, 4.69) is 127 Å². The first-order chi connectivity index (χ1) is 42.8. The number of hydrogen-bond donors (Lipinski definition) is 6. The van der Waals surface area contributed by atoms with Gasteiger partial charge in [0, 0.05) is 50.1 Å². The Labute approximate surface area is 559 Å². The van der Waals surface area contributed by atoms with E-state index in [1.807, 2.05) is 24.3 Å². The molecule has 480 valence electrons. The molecule has 0 saturated heterocycles. The van der Waals surface area contributed by atoms with Gasteiger partial charge in [-0.25, -0.2) is 9.36 Å². The third-order valence-corrected chi connectivity index (χ3v) is 18.9. The highest BCUT2D eigenvalue weighted by Gasteiger charge is 2.31. The summed E-state index contributed by atoms with van der Waals surface area (Å²) in [6.07, 6.45) is 2.92. The van der Waals surface area contributed by atoms with E-state index in [0.717, 1.165) is 46.2 Å². The van der Waals surface area contributed by atoms with Crippen molar-refractivity contribution < 1.29 is 28.7 Å². The van der Waals surface area contributed by atoms with Gasteiger partial charge in [-0.15, -0.1) is 0 Å². The monoisotopic (exact) mass is 1350 g/mol. The summed E-state index contributed by atoms with van der Waals surface area (Å²) >= 11 is 39.4. The van der Waals surface area contributed by atoms with Gasteiger partial charge in [-0.05, 0) is 131 Å². The van der Waals surface area contributed by atoms with E-state index >= 15 is 0 Å². The van der Waals surface area contributed by atoms with Gasteiger partial charge in [-0.2, -0.15) is 0 Å². The zero-order valence-electron chi connectivity index (χ0n) is 52.8. The molecule has 6 aromatic carbocycles. The fraction of sp³-hybridized carbons (Fsp3) is 0.333. The van der Waals surface area contributed by atoms with Crippen LogP contribution in [0, 0.1) is 0 Å². The number of carbonyl (C=O) groups excluding carboxylic acids is 4. The highest BCUT2D eigenvalue weighted by atomic mass is 35.5. The SMILES string of the molecule is CCC(C)(C)c1ccc(OCC(=O)Nc2cccc(C(=O)Nc3[nH]n(-c4c(Cl)cc(Cl)cc4Cl)c(=O)c3Cc3c(NC(=O)c4cccc(NC(=O)COc5ccc(C(C)(C)CC)cc5C(C)(C)CC)c4)[nH]n(-c4c(Cl)cc(Cl)cc4Cl)c3=O)c2)c(C(C)(C)CC)c1. The predicted molar refractivity (Wildman–Crippen MR) is 369 cm³/mol. The summed E-state index contributed by atoms with van der Waals surface area (Å²) in [4.78, 5) is 86.0. The number of aromatic amines is 2. The lowest BCUT2D eigenvalue weighted by atomic mass is 9.76. The van der Waals surface area contributed by atoms with E-state index in [1.165, 1.54) is 59.7 Å². The van der Waals surface area contributed by atoms with Crippen LogP contribution in [0.1, 0.15) is 163 Å². The number of amides is 4. The fourth-order valence-electron chi connectivity index (χ4n) is 10.00. The Morgan fingerprint density at radius 3 is 1.12 bits per heavy atom. The van der Waals surface area contributed by atoms with Crippen LogP contribution < -0.4 is 41.9 Å². The standard InChI is InChI=1S/C69H74Cl6N8O8/c1-13-66(5,6)40-23-25-54(48(29-40)68(9,10)15-3)90-36-56(84)76-44-21-17-19-38(27-44)62(86)78-60-46(64(88)82(80-60)58-50(72)31-42(70)32-51(58)73)35-47-61(81-83(65(47)89)59-52(74)33-43(71)34-53(59)75)79-63(87)39-20-18-22-45(28-39)77-57(85)37-91-55-26-24-41(67(7,8)14-2)30-49(55)69(11,12)16-4/h17-34,80-81H,13-16,35-37H2,1-12H3,(H,76,84)(H,77,85)(H,78,86)(H,79,87). The number of rotatable bonds is 24. The number of hydrogen-bond acceptors (Lipinski definition) is 8. The van der Waals surface area contributed by atoms with E-state index in [0.29, 0.717) is 11.5 Å². The first kappa shape index (κ1) is 69.4. The summed E-state index contributed by atoms with van der Waals surface area (Å²) in [7, 11) is 0. The summed E-state index contributed by atoms with van der Waals surface area (Å²) in [5.41, 5.74) is 2.04. The van der Waals surface area contributed by atoms with Crippen molar-refractivity contribution in [3.8, 4) is 22.9 Å². The molecule has 91 heavy (non-hydrogen) atoms. The third kappa shape index (κ3) is 15.7. The number of nitrogens with zero attached hydrogens (tertiary/aromatic N) is 2. The van der Waals surface area contributed by atoms with Gasteiger partial charge in [0.2, 0.25) is 0 Å². The second-order valence-electron chi connectivity index (χ2n) is 24.9. The molecular formula is C69H74Cl6N8O8. The number of nitrogens with one attached hydrogen (secondary N) is 6. The van der Waals surface area contributed by atoms with Crippen LogP contribution in [-0.4, -0.2) is 56.4 Å². The van der Waals surface area contributed by atoms with Crippen LogP contribution in [0.4, 0.5) is 23.0 Å². The lowest BCUT2D eigenvalue weighted by Crippen LogP contribution is -2.24. The smallest absolute Gasteiger partial charge is 0.277 e. The Hall–Kier alpha value is -7.44. The van der Waals surface area contributed by atoms with Gasteiger partial charge >= 0.3 is 0 Å². The quantitative estimate of drug-likeness (QED) is 0.0342. The minimum atomic E-state index is -0.834. The van der Waals surface area contributed by atoms with Crippen molar-refractivity contribution in [1.29, 1.82) is 0 Å². The second-order valence-corrected chi connectivity index (χ2v) is 27.4. The number of benzene rings is 6. The molecule has 8 rings (SSSR count). The highest BCUT2D eigenvalue weighted by Crippen LogP contribution is 2.41. The number of anilines is 4. The summed E-state index contributed by atoms with van der Waals surface area (Å²) in [5, 5.41) is 17.1. The van der Waals surface area contributed by atoms with E-state index in [-0.39, 0.29) is 122 Å². The predicted octanol–water partition coefficient (Wildman–Crippen LogP) is 17.4. The highest BCUT2D eigenvalue weighted by molar-refractivity contribution is 6.41. The van der Waals surface area contributed by atoms with Gasteiger partial charge in [0.1, 0.15) is 34.5 Å². The molecule has 0 atom stereocenters. The molecule has 2 heterocycles. The molecule has 6 N–H and O–H groups in total. The van der Waals surface area contributed by atoms with Gasteiger partial charge in [0.15, 0.2) is 13.2 Å². The molecule has 16 nitrogen and oxygen atoms in total. The van der Waals surface area contributed by atoms with Crippen molar-refractivity contribution in [1.82, 2.24) is 19.6 Å². The topological polar surface area (TPSA) is 210 Å².